The molecule has 3 rings (SSSR count). The van der Waals surface area contributed by atoms with E-state index in [0.29, 0.717) is 43.4 Å². The zero-order chi connectivity index (χ0) is 23.1. The fourth-order valence-electron chi connectivity index (χ4n) is 3.58. The number of urea groups is 1. The van der Waals surface area contributed by atoms with Crippen LogP contribution in [0.5, 0.6) is 11.5 Å². The van der Waals surface area contributed by atoms with Crippen LogP contribution < -0.4 is 20.1 Å². The lowest BCUT2D eigenvalue weighted by atomic mass is 10.1. The van der Waals surface area contributed by atoms with Gasteiger partial charge in [0.15, 0.2) is 0 Å². The van der Waals surface area contributed by atoms with Crippen molar-refractivity contribution in [3.63, 3.8) is 0 Å². The van der Waals surface area contributed by atoms with Crippen LogP contribution in [0, 0.1) is 5.82 Å². The standard InChI is InChI=1S/C23H29FN4O4/c1-16(20-14-19(31-2)8-9-21(20)32-3)25-23(30)28-12-10-27(11-13-28)15-22(29)26-18-6-4-17(24)5-7-18/h4-9,14,16H,10-13,15H2,1-3H3,(H,25,30)(H,26,29)/t16-/m1/s1. The third kappa shape index (κ3) is 6.10. The molecular formula is C23H29FN4O4. The summed E-state index contributed by atoms with van der Waals surface area (Å²) in [5.74, 6) is 0.842. The summed E-state index contributed by atoms with van der Waals surface area (Å²) in [6, 6.07) is 10.7. The van der Waals surface area contributed by atoms with Crippen LogP contribution in [0.25, 0.3) is 0 Å². The SMILES string of the molecule is COc1ccc(OC)c([C@@H](C)NC(=O)N2CCN(CC(=O)Nc3ccc(F)cc3)CC2)c1. The van der Waals surface area contributed by atoms with Crippen LogP contribution in [-0.2, 0) is 4.79 Å². The average molecular weight is 445 g/mol. The number of hydrogen-bond acceptors (Lipinski definition) is 5. The minimum absolute atomic E-state index is 0.169. The Morgan fingerprint density at radius 1 is 1.03 bits per heavy atom. The zero-order valence-electron chi connectivity index (χ0n) is 18.6. The summed E-state index contributed by atoms with van der Waals surface area (Å²) in [7, 11) is 3.18. The van der Waals surface area contributed by atoms with E-state index < -0.39 is 0 Å². The second kappa shape index (κ2) is 10.8. The zero-order valence-corrected chi connectivity index (χ0v) is 18.6. The minimum Gasteiger partial charge on any atom is -0.497 e. The maximum atomic E-state index is 13.0. The summed E-state index contributed by atoms with van der Waals surface area (Å²) in [4.78, 5) is 28.7. The van der Waals surface area contributed by atoms with Crippen LogP contribution in [0.4, 0.5) is 14.9 Å². The lowest BCUT2D eigenvalue weighted by Crippen LogP contribution is -2.53. The molecule has 32 heavy (non-hydrogen) atoms. The molecule has 0 radical (unpaired) electrons. The molecule has 2 N–H and O–H groups in total. The number of nitrogens with zero attached hydrogens (tertiary/aromatic N) is 2. The van der Waals surface area contributed by atoms with Crippen molar-refractivity contribution in [3.8, 4) is 11.5 Å². The van der Waals surface area contributed by atoms with Gasteiger partial charge in [0.25, 0.3) is 0 Å². The van der Waals surface area contributed by atoms with Crippen LogP contribution in [0.2, 0.25) is 0 Å². The maximum Gasteiger partial charge on any atom is 0.317 e. The summed E-state index contributed by atoms with van der Waals surface area (Å²) in [5.41, 5.74) is 1.38. The van der Waals surface area contributed by atoms with Gasteiger partial charge in [-0.15, -0.1) is 0 Å². The van der Waals surface area contributed by atoms with E-state index in [1.807, 2.05) is 30.0 Å². The van der Waals surface area contributed by atoms with E-state index in [1.54, 1.807) is 19.1 Å². The third-order valence-electron chi connectivity index (χ3n) is 5.40. The highest BCUT2D eigenvalue weighted by atomic mass is 19.1. The van der Waals surface area contributed by atoms with Crippen molar-refractivity contribution in [3.05, 3.63) is 53.8 Å². The Balaban J connectivity index is 1.48. The van der Waals surface area contributed by atoms with Gasteiger partial charge in [-0.05, 0) is 49.4 Å². The van der Waals surface area contributed by atoms with Gasteiger partial charge in [-0.1, -0.05) is 0 Å². The molecule has 0 spiro atoms. The fourth-order valence-corrected chi connectivity index (χ4v) is 3.58. The largest absolute Gasteiger partial charge is 0.497 e. The number of halogens is 1. The quantitative estimate of drug-likeness (QED) is 0.686. The number of ether oxygens (including phenoxy) is 2. The molecule has 2 aromatic rings. The number of benzene rings is 2. The second-order valence-corrected chi connectivity index (χ2v) is 7.60. The van der Waals surface area contributed by atoms with Crippen molar-refractivity contribution < 1.29 is 23.5 Å². The van der Waals surface area contributed by atoms with Gasteiger partial charge < -0.3 is 25.0 Å². The number of rotatable bonds is 7. The molecule has 172 valence electrons. The molecule has 0 bridgehead atoms. The van der Waals surface area contributed by atoms with Gasteiger partial charge in [0, 0.05) is 37.4 Å². The molecule has 1 fully saturated rings. The maximum absolute atomic E-state index is 13.0. The van der Waals surface area contributed by atoms with Crippen molar-refractivity contribution in [1.82, 2.24) is 15.1 Å². The second-order valence-electron chi connectivity index (χ2n) is 7.60. The predicted molar refractivity (Wildman–Crippen MR) is 120 cm³/mol. The van der Waals surface area contributed by atoms with E-state index in [-0.39, 0.29) is 30.3 Å². The van der Waals surface area contributed by atoms with Gasteiger partial charge in [-0.2, -0.15) is 0 Å². The average Bonchev–Trinajstić information content (AvgIpc) is 2.80. The smallest absolute Gasteiger partial charge is 0.317 e. The van der Waals surface area contributed by atoms with Crippen molar-refractivity contribution in [2.75, 3.05) is 52.3 Å². The Hall–Kier alpha value is -3.33. The van der Waals surface area contributed by atoms with Crippen LogP contribution in [0.3, 0.4) is 0 Å². The predicted octanol–water partition coefficient (Wildman–Crippen LogP) is 2.87. The highest BCUT2D eigenvalue weighted by molar-refractivity contribution is 5.92. The van der Waals surface area contributed by atoms with Gasteiger partial charge in [-0.25, -0.2) is 9.18 Å². The fraction of sp³-hybridized carbons (Fsp3) is 0.391. The Morgan fingerprint density at radius 2 is 1.72 bits per heavy atom. The molecule has 0 aromatic heterocycles. The summed E-state index contributed by atoms with van der Waals surface area (Å²) in [6.45, 7) is 4.30. The number of piperazine rings is 1. The molecule has 8 nitrogen and oxygen atoms in total. The van der Waals surface area contributed by atoms with Crippen molar-refractivity contribution in [1.29, 1.82) is 0 Å². The monoisotopic (exact) mass is 444 g/mol. The highest BCUT2D eigenvalue weighted by Crippen LogP contribution is 2.29. The third-order valence-corrected chi connectivity index (χ3v) is 5.40. The van der Waals surface area contributed by atoms with Gasteiger partial charge in [0.05, 0.1) is 26.8 Å². The lowest BCUT2D eigenvalue weighted by molar-refractivity contribution is -0.117. The molecule has 1 aliphatic rings. The molecule has 0 aliphatic carbocycles. The van der Waals surface area contributed by atoms with Crippen LogP contribution in [0.1, 0.15) is 18.5 Å². The summed E-state index contributed by atoms with van der Waals surface area (Å²) in [6.07, 6.45) is 0. The van der Waals surface area contributed by atoms with Crippen LogP contribution >= 0.6 is 0 Å². The summed E-state index contributed by atoms with van der Waals surface area (Å²) < 4.78 is 23.7. The van der Waals surface area contributed by atoms with Gasteiger partial charge in [-0.3, -0.25) is 9.69 Å². The van der Waals surface area contributed by atoms with Gasteiger partial charge >= 0.3 is 6.03 Å². The Morgan fingerprint density at radius 3 is 2.34 bits per heavy atom. The van der Waals surface area contributed by atoms with Crippen molar-refractivity contribution in [2.45, 2.75) is 13.0 Å². The lowest BCUT2D eigenvalue weighted by Gasteiger charge is -2.35. The number of carbonyl (C=O) groups excluding carboxylic acids is 2. The Bertz CT molecular complexity index is 930. The van der Waals surface area contributed by atoms with Gasteiger partial charge in [0.1, 0.15) is 17.3 Å². The summed E-state index contributed by atoms with van der Waals surface area (Å²) >= 11 is 0. The highest BCUT2D eigenvalue weighted by Gasteiger charge is 2.24. The van der Waals surface area contributed by atoms with E-state index >= 15 is 0 Å². The molecule has 0 unspecified atom stereocenters. The van der Waals surface area contributed by atoms with E-state index in [4.69, 9.17) is 9.47 Å². The van der Waals surface area contributed by atoms with Gasteiger partial charge in [0.2, 0.25) is 5.91 Å². The molecule has 9 heteroatoms. The van der Waals surface area contributed by atoms with E-state index in [0.717, 1.165) is 5.56 Å². The normalized spacial score (nSPS) is 15.1. The van der Waals surface area contributed by atoms with E-state index in [1.165, 1.54) is 24.3 Å². The van der Waals surface area contributed by atoms with Crippen molar-refractivity contribution in [2.24, 2.45) is 0 Å². The number of methoxy groups -OCH3 is 2. The van der Waals surface area contributed by atoms with Crippen molar-refractivity contribution >= 4 is 17.6 Å². The molecule has 1 heterocycles. The minimum atomic E-state index is -0.350. The molecule has 2 aromatic carbocycles. The molecule has 1 aliphatic heterocycles. The first-order chi connectivity index (χ1) is 15.4. The Labute approximate surface area is 187 Å². The molecule has 1 saturated heterocycles. The summed E-state index contributed by atoms with van der Waals surface area (Å²) in [5, 5.41) is 5.76. The first-order valence-electron chi connectivity index (χ1n) is 10.4. The van der Waals surface area contributed by atoms with E-state index in [2.05, 4.69) is 10.6 Å². The number of amides is 3. The molecule has 0 saturated carbocycles. The number of carbonyl (C=O) groups is 2. The number of nitrogens with one attached hydrogen (secondary N) is 2. The van der Waals surface area contributed by atoms with Crippen LogP contribution in [-0.4, -0.2) is 68.7 Å². The topological polar surface area (TPSA) is 83.1 Å². The molecular weight excluding hydrogens is 415 g/mol. The first-order valence-corrected chi connectivity index (χ1v) is 10.4. The molecule has 3 amide bonds. The Kier molecular flexibility index (Phi) is 7.88. The molecule has 1 atom stereocenters. The number of hydrogen-bond donors (Lipinski definition) is 2. The van der Waals surface area contributed by atoms with Crippen LogP contribution in [0.15, 0.2) is 42.5 Å². The van der Waals surface area contributed by atoms with E-state index in [9.17, 15) is 14.0 Å². The first kappa shape index (κ1) is 23.3. The number of anilines is 1.